The molecule has 0 fully saturated rings. The summed E-state index contributed by atoms with van der Waals surface area (Å²) >= 11 is 0. The van der Waals surface area contributed by atoms with Crippen LogP contribution in [0.5, 0.6) is 0 Å². The van der Waals surface area contributed by atoms with E-state index < -0.39 is 0 Å². The van der Waals surface area contributed by atoms with Crippen molar-refractivity contribution in [3.8, 4) is 11.8 Å². The summed E-state index contributed by atoms with van der Waals surface area (Å²) in [6.45, 7) is 7.05. The molecule has 0 amide bonds. The van der Waals surface area contributed by atoms with Crippen molar-refractivity contribution in [2.45, 2.75) is 25.7 Å². The number of allylic oxidation sites excluding steroid dienone is 2. The van der Waals surface area contributed by atoms with Crippen LogP contribution in [0.15, 0.2) is 35.9 Å². The van der Waals surface area contributed by atoms with E-state index in [-0.39, 0.29) is 0 Å². The number of rotatable bonds is 0. The molecule has 0 bridgehead atoms. The van der Waals surface area contributed by atoms with Crippen LogP contribution in [0, 0.1) is 18.4 Å². The highest BCUT2D eigenvalue weighted by Crippen LogP contribution is 2.19. The van der Waals surface area contributed by atoms with Gasteiger partial charge in [0, 0.05) is 5.56 Å². The summed E-state index contributed by atoms with van der Waals surface area (Å²) in [6.07, 6.45) is 6.98. The number of para-hydroxylation sites is 1. The Morgan fingerprint density at radius 2 is 2.00 bits per heavy atom. The van der Waals surface area contributed by atoms with Gasteiger partial charge in [-0.1, -0.05) is 42.2 Å². The molecule has 0 aliphatic heterocycles. The van der Waals surface area contributed by atoms with Crippen molar-refractivity contribution in [2.75, 3.05) is 0 Å². The molecule has 1 aromatic carbocycles. The van der Waals surface area contributed by atoms with E-state index in [9.17, 15) is 0 Å². The zero-order valence-corrected chi connectivity index (χ0v) is 9.16. The molecule has 16 heavy (non-hydrogen) atoms. The van der Waals surface area contributed by atoms with Crippen LogP contribution in [-0.4, -0.2) is 0 Å². The maximum Gasteiger partial charge on any atom is 0.202 e. The molecule has 0 aromatic heterocycles. The molecule has 0 spiro atoms. The monoisotopic (exact) mass is 207 g/mol. The first kappa shape index (κ1) is 10.5. The second-order valence-electron chi connectivity index (χ2n) is 3.85. The Hall–Kier alpha value is -1.99. The molecule has 0 N–H and O–H groups in total. The van der Waals surface area contributed by atoms with Crippen molar-refractivity contribution in [2.24, 2.45) is 0 Å². The topological polar surface area (TPSA) is 4.36 Å². The lowest BCUT2D eigenvalue weighted by atomic mass is 10.00. The second kappa shape index (κ2) is 5.19. The number of hydrogen-bond donors (Lipinski definition) is 0. The highest BCUT2D eigenvalue weighted by molar-refractivity contribution is 5.60. The van der Waals surface area contributed by atoms with Gasteiger partial charge >= 0.3 is 0 Å². The Balaban J connectivity index is 2.24. The van der Waals surface area contributed by atoms with Crippen molar-refractivity contribution < 1.29 is 0 Å². The first-order valence-corrected chi connectivity index (χ1v) is 5.58. The average molecular weight is 207 g/mol. The van der Waals surface area contributed by atoms with Gasteiger partial charge in [0.1, 0.15) is 0 Å². The molecule has 0 atom stereocenters. The van der Waals surface area contributed by atoms with Gasteiger partial charge in [-0.25, -0.2) is 4.85 Å². The van der Waals surface area contributed by atoms with Gasteiger partial charge in [-0.2, -0.15) is 0 Å². The van der Waals surface area contributed by atoms with Crippen LogP contribution in [0.3, 0.4) is 0 Å². The highest BCUT2D eigenvalue weighted by Gasteiger charge is 2.00. The third kappa shape index (κ3) is 2.53. The van der Waals surface area contributed by atoms with E-state index in [2.05, 4.69) is 22.8 Å². The van der Waals surface area contributed by atoms with Gasteiger partial charge in [0.25, 0.3) is 0 Å². The van der Waals surface area contributed by atoms with E-state index in [4.69, 9.17) is 6.57 Å². The first-order chi connectivity index (χ1) is 7.90. The van der Waals surface area contributed by atoms with Crippen molar-refractivity contribution >= 4 is 5.69 Å². The van der Waals surface area contributed by atoms with Crippen molar-refractivity contribution in [3.05, 3.63) is 52.9 Å². The smallest absolute Gasteiger partial charge is 0.202 e. The largest absolute Gasteiger partial charge is 0.237 e. The number of hydrogen-bond acceptors (Lipinski definition) is 0. The van der Waals surface area contributed by atoms with E-state index in [1.54, 1.807) is 0 Å². The standard InChI is InChI=1S/C15H13N/c1-16-15-10-6-5-9-14(15)12-11-13-7-3-2-4-8-13/h5-7,9-10H,2-4,8H2. The third-order valence-electron chi connectivity index (χ3n) is 2.67. The fourth-order valence-corrected chi connectivity index (χ4v) is 1.78. The quantitative estimate of drug-likeness (QED) is 0.446. The molecule has 0 radical (unpaired) electrons. The van der Waals surface area contributed by atoms with Crippen LogP contribution in [0.1, 0.15) is 31.2 Å². The van der Waals surface area contributed by atoms with E-state index >= 15 is 0 Å². The summed E-state index contributed by atoms with van der Waals surface area (Å²) in [7, 11) is 0. The van der Waals surface area contributed by atoms with Gasteiger partial charge < -0.3 is 0 Å². The van der Waals surface area contributed by atoms with Crippen LogP contribution < -0.4 is 0 Å². The lowest BCUT2D eigenvalue weighted by Crippen LogP contribution is -1.88. The summed E-state index contributed by atoms with van der Waals surface area (Å²) in [5.41, 5.74) is 2.71. The zero-order valence-electron chi connectivity index (χ0n) is 9.16. The molecule has 2 rings (SSSR count). The number of nitrogens with zero attached hydrogens (tertiary/aromatic N) is 1. The van der Waals surface area contributed by atoms with Gasteiger partial charge in [-0.3, -0.25) is 0 Å². The minimum atomic E-state index is 0.645. The van der Waals surface area contributed by atoms with Crippen LogP contribution in [0.2, 0.25) is 0 Å². The molecule has 1 aliphatic rings. The maximum absolute atomic E-state index is 7.05. The maximum atomic E-state index is 7.05. The minimum Gasteiger partial charge on any atom is -0.237 e. The summed E-state index contributed by atoms with van der Waals surface area (Å²) in [6, 6.07) is 7.52. The minimum absolute atomic E-state index is 0.645. The third-order valence-corrected chi connectivity index (χ3v) is 2.67. The van der Waals surface area contributed by atoms with E-state index in [0.717, 1.165) is 18.4 Å². The van der Waals surface area contributed by atoms with Gasteiger partial charge in [-0.05, 0) is 31.3 Å². The fraction of sp³-hybridized carbons (Fsp3) is 0.267. The highest BCUT2D eigenvalue weighted by atomic mass is 14.6. The van der Waals surface area contributed by atoms with Gasteiger partial charge in [0.15, 0.2) is 0 Å². The molecule has 1 aromatic rings. The second-order valence-corrected chi connectivity index (χ2v) is 3.85. The summed E-state index contributed by atoms with van der Waals surface area (Å²) < 4.78 is 0. The van der Waals surface area contributed by atoms with Crippen molar-refractivity contribution in [1.29, 1.82) is 0 Å². The first-order valence-electron chi connectivity index (χ1n) is 5.58. The SMILES string of the molecule is [C-]#[N+]c1ccccc1C#CC1=CCCCC1. The molecular weight excluding hydrogens is 194 g/mol. The normalized spacial score (nSPS) is 14.3. The van der Waals surface area contributed by atoms with E-state index in [0.29, 0.717) is 5.69 Å². The molecule has 0 heterocycles. The van der Waals surface area contributed by atoms with Crippen LogP contribution in [-0.2, 0) is 0 Å². The Labute approximate surface area is 96.6 Å². The molecule has 0 unspecified atom stereocenters. The van der Waals surface area contributed by atoms with E-state index in [1.807, 2.05) is 24.3 Å². The molecule has 1 aliphatic carbocycles. The van der Waals surface area contributed by atoms with Gasteiger partial charge in [0.05, 0.1) is 6.57 Å². The molecular formula is C15H13N. The predicted octanol–water partition coefficient (Wildman–Crippen LogP) is 4.09. The number of benzene rings is 1. The Morgan fingerprint density at radius 1 is 1.12 bits per heavy atom. The Bertz CT molecular complexity index is 506. The van der Waals surface area contributed by atoms with Crippen LogP contribution in [0.25, 0.3) is 4.85 Å². The van der Waals surface area contributed by atoms with Crippen LogP contribution in [0.4, 0.5) is 5.69 Å². The molecule has 1 heteroatoms. The van der Waals surface area contributed by atoms with Crippen LogP contribution >= 0.6 is 0 Å². The lowest BCUT2D eigenvalue weighted by molar-refractivity contribution is 0.715. The molecule has 1 nitrogen and oxygen atoms in total. The average Bonchev–Trinajstić information content (AvgIpc) is 2.38. The van der Waals surface area contributed by atoms with Gasteiger partial charge in [0.2, 0.25) is 5.69 Å². The summed E-state index contributed by atoms with van der Waals surface area (Å²) in [5, 5.41) is 0. The lowest BCUT2D eigenvalue weighted by Gasteiger charge is -2.05. The van der Waals surface area contributed by atoms with Gasteiger partial charge in [-0.15, -0.1) is 0 Å². The Kier molecular flexibility index (Phi) is 3.42. The zero-order chi connectivity index (χ0) is 11.2. The summed E-state index contributed by atoms with van der Waals surface area (Å²) in [4.78, 5) is 3.46. The molecule has 0 saturated heterocycles. The fourth-order valence-electron chi connectivity index (χ4n) is 1.78. The van der Waals surface area contributed by atoms with E-state index in [1.165, 1.54) is 18.4 Å². The Morgan fingerprint density at radius 3 is 2.75 bits per heavy atom. The summed E-state index contributed by atoms with van der Waals surface area (Å²) in [5.74, 6) is 6.28. The predicted molar refractivity (Wildman–Crippen MR) is 66.1 cm³/mol. The van der Waals surface area contributed by atoms with Crippen molar-refractivity contribution in [3.63, 3.8) is 0 Å². The molecule has 78 valence electrons. The van der Waals surface area contributed by atoms with Crippen molar-refractivity contribution in [1.82, 2.24) is 0 Å². The molecule has 0 saturated carbocycles.